The third-order valence-corrected chi connectivity index (χ3v) is 1.90. The van der Waals surface area contributed by atoms with Gasteiger partial charge in [0.1, 0.15) is 11.9 Å². The average Bonchev–Trinajstić information content (AvgIpc) is 2.18. The van der Waals surface area contributed by atoms with E-state index in [2.05, 4.69) is 0 Å². The van der Waals surface area contributed by atoms with Crippen LogP contribution in [0.4, 0.5) is 4.39 Å². The molecule has 0 amide bonds. The van der Waals surface area contributed by atoms with Crippen LogP contribution in [-0.2, 0) is 0 Å². The van der Waals surface area contributed by atoms with Crippen molar-refractivity contribution in [2.24, 2.45) is 5.73 Å². The number of hydrogen-bond donors (Lipinski definition) is 1. The van der Waals surface area contributed by atoms with E-state index in [1.54, 1.807) is 31.4 Å². The summed E-state index contributed by atoms with van der Waals surface area (Å²) in [5, 5.41) is 0. The number of methoxy groups -OCH3 is 1. The average molecular weight is 183 g/mol. The first-order valence-electron chi connectivity index (χ1n) is 4.26. The smallest absolute Gasteiger partial charge is 0.126 e. The van der Waals surface area contributed by atoms with Crippen LogP contribution in [0.25, 0.3) is 0 Å². The molecule has 1 unspecified atom stereocenters. The molecule has 0 bridgehead atoms. The number of hydrogen-bond acceptors (Lipinski definition) is 2. The lowest BCUT2D eigenvalue weighted by Gasteiger charge is -2.07. The van der Waals surface area contributed by atoms with E-state index in [1.807, 2.05) is 0 Å². The molecule has 0 fully saturated rings. The van der Waals surface area contributed by atoms with E-state index in [1.165, 1.54) is 0 Å². The topological polar surface area (TPSA) is 35.2 Å². The SMILES string of the molecule is COc1ccc(C(F)CCN)cc1. The lowest BCUT2D eigenvalue weighted by atomic mass is 10.1. The highest BCUT2D eigenvalue weighted by molar-refractivity contribution is 5.28. The van der Waals surface area contributed by atoms with Crippen molar-refractivity contribution in [3.63, 3.8) is 0 Å². The van der Waals surface area contributed by atoms with E-state index >= 15 is 0 Å². The Morgan fingerprint density at radius 1 is 1.38 bits per heavy atom. The first-order chi connectivity index (χ1) is 6.27. The molecule has 0 aromatic heterocycles. The van der Waals surface area contributed by atoms with Crippen LogP contribution in [0.3, 0.4) is 0 Å². The van der Waals surface area contributed by atoms with Crippen LogP contribution >= 0.6 is 0 Å². The zero-order valence-electron chi connectivity index (χ0n) is 7.66. The number of benzene rings is 1. The Morgan fingerprint density at radius 2 is 2.00 bits per heavy atom. The van der Waals surface area contributed by atoms with E-state index in [0.717, 1.165) is 5.75 Å². The number of rotatable bonds is 4. The van der Waals surface area contributed by atoms with E-state index < -0.39 is 6.17 Å². The molecule has 0 aliphatic heterocycles. The summed E-state index contributed by atoms with van der Waals surface area (Å²) < 4.78 is 18.2. The molecule has 0 spiro atoms. The van der Waals surface area contributed by atoms with Crippen molar-refractivity contribution in [1.82, 2.24) is 0 Å². The van der Waals surface area contributed by atoms with E-state index in [9.17, 15) is 4.39 Å². The van der Waals surface area contributed by atoms with Gasteiger partial charge >= 0.3 is 0 Å². The lowest BCUT2D eigenvalue weighted by molar-refractivity contribution is 0.327. The number of nitrogens with two attached hydrogens (primary N) is 1. The molecule has 1 aromatic carbocycles. The van der Waals surface area contributed by atoms with Gasteiger partial charge < -0.3 is 10.5 Å². The molecule has 1 rings (SSSR count). The maximum absolute atomic E-state index is 13.3. The van der Waals surface area contributed by atoms with Gasteiger partial charge in [-0.3, -0.25) is 0 Å². The zero-order valence-corrected chi connectivity index (χ0v) is 7.66. The summed E-state index contributed by atoms with van der Waals surface area (Å²) in [6, 6.07) is 6.94. The van der Waals surface area contributed by atoms with Crippen LogP contribution in [0.2, 0.25) is 0 Å². The van der Waals surface area contributed by atoms with Gasteiger partial charge in [0, 0.05) is 0 Å². The molecule has 0 saturated carbocycles. The summed E-state index contributed by atoms with van der Waals surface area (Å²) in [5.74, 6) is 0.740. The zero-order chi connectivity index (χ0) is 9.68. The highest BCUT2D eigenvalue weighted by atomic mass is 19.1. The molecule has 3 heteroatoms. The number of alkyl halides is 1. The second-order valence-electron chi connectivity index (χ2n) is 2.82. The number of halogens is 1. The predicted octanol–water partition coefficient (Wildman–Crippen LogP) is 2.05. The Balaban J connectivity index is 2.67. The van der Waals surface area contributed by atoms with E-state index in [0.29, 0.717) is 18.5 Å². The van der Waals surface area contributed by atoms with Crippen LogP contribution in [-0.4, -0.2) is 13.7 Å². The maximum Gasteiger partial charge on any atom is 0.126 e. The van der Waals surface area contributed by atoms with Gasteiger partial charge in [-0.25, -0.2) is 4.39 Å². The molecule has 0 heterocycles. The normalized spacial score (nSPS) is 12.5. The quantitative estimate of drug-likeness (QED) is 0.775. The molecule has 0 aliphatic carbocycles. The third kappa shape index (κ3) is 2.70. The molecule has 2 N–H and O–H groups in total. The molecule has 1 aromatic rings. The second kappa shape index (κ2) is 4.82. The predicted molar refractivity (Wildman–Crippen MR) is 50.5 cm³/mol. The molecular formula is C10H14FNO. The minimum atomic E-state index is -0.962. The molecule has 72 valence electrons. The summed E-state index contributed by atoms with van der Waals surface area (Å²) in [6.45, 7) is 0.368. The van der Waals surface area contributed by atoms with Crippen LogP contribution < -0.4 is 10.5 Å². The Bertz CT molecular complexity index is 248. The summed E-state index contributed by atoms with van der Waals surface area (Å²) in [4.78, 5) is 0. The first kappa shape index (κ1) is 9.99. The van der Waals surface area contributed by atoms with Gasteiger partial charge in [-0.05, 0) is 30.7 Å². The van der Waals surface area contributed by atoms with Gasteiger partial charge in [0.05, 0.1) is 7.11 Å². The van der Waals surface area contributed by atoms with Crippen molar-refractivity contribution in [2.75, 3.05) is 13.7 Å². The fraction of sp³-hybridized carbons (Fsp3) is 0.400. The summed E-state index contributed by atoms with van der Waals surface area (Å²) in [6.07, 6.45) is -0.595. The lowest BCUT2D eigenvalue weighted by Crippen LogP contribution is -2.03. The highest BCUT2D eigenvalue weighted by Crippen LogP contribution is 2.22. The highest BCUT2D eigenvalue weighted by Gasteiger charge is 2.07. The summed E-state index contributed by atoms with van der Waals surface area (Å²) in [5.41, 5.74) is 5.92. The maximum atomic E-state index is 13.3. The van der Waals surface area contributed by atoms with Gasteiger partial charge in [-0.15, -0.1) is 0 Å². The van der Waals surface area contributed by atoms with Crippen molar-refractivity contribution >= 4 is 0 Å². The van der Waals surface area contributed by atoms with Crippen molar-refractivity contribution in [3.05, 3.63) is 29.8 Å². The van der Waals surface area contributed by atoms with Gasteiger partial charge in [-0.1, -0.05) is 12.1 Å². The van der Waals surface area contributed by atoms with Crippen molar-refractivity contribution < 1.29 is 9.13 Å². The largest absolute Gasteiger partial charge is 0.497 e. The Labute approximate surface area is 77.5 Å². The second-order valence-corrected chi connectivity index (χ2v) is 2.82. The van der Waals surface area contributed by atoms with Crippen molar-refractivity contribution in [3.8, 4) is 5.75 Å². The Kier molecular flexibility index (Phi) is 3.71. The fourth-order valence-corrected chi connectivity index (χ4v) is 1.13. The summed E-state index contributed by atoms with van der Waals surface area (Å²) >= 11 is 0. The van der Waals surface area contributed by atoms with Gasteiger partial charge in [0.15, 0.2) is 0 Å². The minimum Gasteiger partial charge on any atom is -0.497 e. The Hall–Kier alpha value is -1.09. The van der Waals surface area contributed by atoms with E-state index in [4.69, 9.17) is 10.5 Å². The van der Waals surface area contributed by atoms with Crippen LogP contribution in [0.15, 0.2) is 24.3 Å². The van der Waals surface area contributed by atoms with Gasteiger partial charge in [0.2, 0.25) is 0 Å². The van der Waals surface area contributed by atoms with Crippen molar-refractivity contribution in [1.29, 1.82) is 0 Å². The van der Waals surface area contributed by atoms with Crippen LogP contribution in [0, 0.1) is 0 Å². The molecule has 13 heavy (non-hydrogen) atoms. The molecular weight excluding hydrogens is 169 g/mol. The Morgan fingerprint density at radius 3 is 2.46 bits per heavy atom. The van der Waals surface area contributed by atoms with Crippen molar-refractivity contribution in [2.45, 2.75) is 12.6 Å². The third-order valence-electron chi connectivity index (χ3n) is 1.90. The van der Waals surface area contributed by atoms with Gasteiger partial charge in [-0.2, -0.15) is 0 Å². The fourth-order valence-electron chi connectivity index (χ4n) is 1.13. The molecule has 0 radical (unpaired) electrons. The van der Waals surface area contributed by atoms with Gasteiger partial charge in [0.25, 0.3) is 0 Å². The van der Waals surface area contributed by atoms with Crippen LogP contribution in [0.5, 0.6) is 5.75 Å². The first-order valence-corrected chi connectivity index (χ1v) is 4.26. The van der Waals surface area contributed by atoms with Crippen LogP contribution in [0.1, 0.15) is 18.2 Å². The molecule has 1 atom stereocenters. The van der Waals surface area contributed by atoms with E-state index in [-0.39, 0.29) is 0 Å². The molecule has 0 aliphatic rings. The summed E-state index contributed by atoms with van der Waals surface area (Å²) in [7, 11) is 1.59. The minimum absolute atomic E-state index is 0.367. The standard InChI is InChI=1S/C10H14FNO/c1-13-9-4-2-8(3-5-9)10(11)6-7-12/h2-5,10H,6-7,12H2,1H3. The molecule has 0 saturated heterocycles. The monoisotopic (exact) mass is 183 g/mol. The number of ether oxygens (including phenoxy) is 1. The molecule has 2 nitrogen and oxygen atoms in total.